The number of guanidine groups is 1. The van der Waals surface area contributed by atoms with Crippen LogP contribution in [-0.4, -0.2) is 38.1 Å². The number of piperidine rings is 1. The van der Waals surface area contributed by atoms with Gasteiger partial charge >= 0.3 is 0 Å². The van der Waals surface area contributed by atoms with Gasteiger partial charge in [0.05, 0.1) is 7.11 Å². The highest BCUT2D eigenvalue weighted by Gasteiger charge is 2.30. The van der Waals surface area contributed by atoms with Crippen LogP contribution in [0.3, 0.4) is 0 Å². The van der Waals surface area contributed by atoms with Gasteiger partial charge in [0.1, 0.15) is 5.75 Å². The Bertz CT molecular complexity index is 453. The minimum atomic E-state index is 0.173. The molecule has 0 spiro atoms. The Hall–Kier alpha value is -1.75. The summed E-state index contributed by atoms with van der Waals surface area (Å²) in [7, 11) is 3.85. The highest BCUT2D eigenvalue weighted by Crippen LogP contribution is 2.35. The van der Waals surface area contributed by atoms with Crippen LogP contribution < -0.4 is 16.2 Å². The van der Waals surface area contributed by atoms with Crippen LogP contribution in [0.25, 0.3) is 0 Å². The second kappa shape index (κ2) is 6.61. The van der Waals surface area contributed by atoms with Crippen molar-refractivity contribution in [2.75, 3.05) is 27.2 Å². The predicted octanol–water partition coefficient (Wildman–Crippen LogP) is 1.35. The fraction of sp³-hybridized carbons (Fsp3) is 0.533. The van der Waals surface area contributed by atoms with Gasteiger partial charge in [-0.2, -0.15) is 0 Å². The van der Waals surface area contributed by atoms with E-state index in [0.717, 1.165) is 18.7 Å². The topological polar surface area (TPSA) is 76.9 Å². The Kier molecular flexibility index (Phi) is 4.84. The third-order valence-electron chi connectivity index (χ3n) is 3.97. The van der Waals surface area contributed by atoms with E-state index in [1.807, 2.05) is 12.1 Å². The fourth-order valence-corrected chi connectivity index (χ4v) is 3.00. The van der Waals surface area contributed by atoms with E-state index in [1.165, 1.54) is 12.0 Å². The number of aliphatic imine (C=N–C) groups is 1. The first-order chi connectivity index (χ1) is 9.61. The smallest absolute Gasteiger partial charge is 0.185 e. The lowest BCUT2D eigenvalue weighted by atomic mass is 9.85. The van der Waals surface area contributed by atoms with Gasteiger partial charge in [0.25, 0.3) is 0 Å². The molecule has 0 radical (unpaired) electrons. The second-order valence-electron chi connectivity index (χ2n) is 5.37. The molecule has 5 heteroatoms. The SMILES string of the molecule is COc1ccc(C2C(CN=C(N)N)CCCN2C)cc1. The summed E-state index contributed by atoms with van der Waals surface area (Å²) in [5.41, 5.74) is 12.2. The van der Waals surface area contributed by atoms with E-state index < -0.39 is 0 Å². The molecule has 1 aliphatic rings. The number of ether oxygens (including phenoxy) is 1. The molecule has 0 aromatic heterocycles. The van der Waals surface area contributed by atoms with Crippen molar-refractivity contribution in [3.05, 3.63) is 29.8 Å². The van der Waals surface area contributed by atoms with Crippen molar-refractivity contribution in [3.63, 3.8) is 0 Å². The van der Waals surface area contributed by atoms with Gasteiger partial charge in [-0.1, -0.05) is 12.1 Å². The van der Waals surface area contributed by atoms with E-state index in [0.29, 0.717) is 18.5 Å². The maximum absolute atomic E-state index is 5.46. The minimum absolute atomic E-state index is 0.173. The van der Waals surface area contributed by atoms with E-state index in [2.05, 4.69) is 29.1 Å². The molecule has 2 atom stereocenters. The van der Waals surface area contributed by atoms with E-state index >= 15 is 0 Å². The third-order valence-corrected chi connectivity index (χ3v) is 3.97. The van der Waals surface area contributed by atoms with Crippen molar-refractivity contribution in [1.29, 1.82) is 0 Å². The quantitative estimate of drug-likeness (QED) is 0.643. The van der Waals surface area contributed by atoms with Crippen LogP contribution in [0.1, 0.15) is 24.4 Å². The molecular weight excluding hydrogens is 252 g/mol. The molecule has 110 valence electrons. The van der Waals surface area contributed by atoms with Crippen LogP contribution in [-0.2, 0) is 0 Å². The zero-order valence-electron chi connectivity index (χ0n) is 12.2. The summed E-state index contributed by atoms with van der Waals surface area (Å²) in [5.74, 6) is 1.50. The summed E-state index contributed by atoms with van der Waals surface area (Å²) in [5, 5.41) is 0. The average molecular weight is 276 g/mol. The van der Waals surface area contributed by atoms with Crippen molar-refractivity contribution >= 4 is 5.96 Å². The van der Waals surface area contributed by atoms with Crippen LogP contribution in [0.2, 0.25) is 0 Å². The number of likely N-dealkylation sites (tertiary alicyclic amines) is 1. The summed E-state index contributed by atoms with van der Waals surface area (Å²) in [4.78, 5) is 6.60. The monoisotopic (exact) mass is 276 g/mol. The Morgan fingerprint density at radius 3 is 2.65 bits per heavy atom. The second-order valence-corrected chi connectivity index (χ2v) is 5.37. The normalized spacial score (nSPS) is 23.3. The molecule has 5 nitrogen and oxygen atoms in total. The number of benzene rings is 1. The number of hydrogen-bond acceptors (Lipinski definition) is 3. The Morgan fingerprint density at radius 2 is 2.05 bits per heavy atom. The van der Waals surface area contributed by atoms with Crippen LogP contribution >= 0.6 is 0 Å². The van der Waals surface area contributed by atoms with Crippen LogP contribution in [0.5, 0.6) is 5.75 Å². The Morgan fingerprint density at radius 1 is 1.35 bits per heavy atom. The van der Waals surface area contributed by atoms with E-state index in [4.69, 9.17) is 16.2 Å². The number of hydrogen-bond donors (Lipinski definition) is 2. The number of nitrogens with two attached hydrogens (primary N) is 2. The molecule has 2 rings (SSSR count). The lowest BCUT2D eigenvalue weighted by molar-refractivity contribution is 0.125. The molecule has 0 aliphatic carbocycles. The first kappa shape index (κ1) is 14.7. The summed E-state index contributed by atoms with van der Waals surface area (Å²) in [6.07, 6.45) is 2.34. The molecule has 0 bridgehead atoms. The summed E-state index contributed by atoms with van der Waals surface area (Å²) in [6, 6.07) is 8.64. The van der Waals surface area contributed by atoms with Gasteiger partial charge in [0.2, 0.25) is 0 Å². The molecule has 0 saturated carbocycles. The maximum atomic E-state index is 5.46. The zero-order chi connectivity index (χ0) is 14.5. The molecule has 0 amide bonds. The fourth-order valence-electron chi connectivity index (χ4n) is 3.00. The average Bonchev–Trinajstić information content (AvgIpc) is 2.45. The van der Waals surface area contributed by atoms with Crippen molar-refractivity contribution < 1.29 is 4.74 Å². The highest BCUT2D eigenvalue weighted by molar-refractivity contribution is 5.75. The first-order valence-corrected chi connectivity index (χ1v) is 7.01. The van der Waals surface area contributed by atoms with Crippen molar-refractivity contribution in [1.82, 2.24) is 4.90 Å². The molecule has 1 heterocycles. The number of methoxy groups -OCH3 is 1. The van der Waals surface area contributed by atoms with Gasteiger partial charge in [-0.15, -0.1) is 0 Å². The van der Waals surface area contributed by atoms with E-state index in [-0.39, 0.29) is 5.96 Å². The maximum Gasteiger partial charge on any atom is 0.185 e. The van der Waals surface area contributed by atoms with Gasteiger partial charge in [0.15, 0.2) is 5.96 Å². The molecule has 1 aromatic carbocycles. The lowest BCUT2D eigenvalue weighted by Crippen LogP contribution is -2.38. The zero-order valence-corrected chi connectivity index (χ0v) is 12.2. The van der Waals surface area contributed by atoms with Gasteiger partial charge in [0, 0.05) is 12.6 Å². The Balaban J connectivity index is 2.19. The van der Waals surface area contributed by atoms with Gasteiger partial charge in [-0.05, 0) is 50.0 Å². The largest absolute Gasteiger partial charge is 0.497 e. The Labute approximate surface area is 120 Å². The van der Waals surface area contributed by atoms with Crippen molar-refractivity contribution in [2.45, 2.75) is 18.9 Å². The third kappa shape index (κ3) is 3.42. The molecule has 1 aliphatic heterocycles. The van der Waals surface area contributed by atoms with Crippen LogP contribution in [0, 0.1) is 5.92 Å². The molecular formula is C15H24N4O. The number of nitrogens with zero attached hydrogens (tertiary/aromatic N) is 2. The number of rotatable bonds is 4. The first-order valence-electron chi connectivity index (χ1n) is 7.01. The molecule has 20 heavy (non-hydrogen) atoms. The molecule has 2 unspecified atom stereocenters. The van der Waals surface area contributed by atoms with Crippen molar-refractivity contribution in [3.8, 4) is 5.75 Å². The minimum Gasteiger partial charge on any atom is -0.497 e. The van der Waals surface area contributed by atoms with Crippen LogP contribution in [0.4, 0.5) is 0 Å². The lowest BCUT2D eigenvalue weighted by Gasteiger charge is -2.39. The van der Waals surface area contributed by atoms with Crippen molar-refractivity contribution in [2.24, 2.45) is 22.4 Å². The standard InChI is InChI=1S/C15H24N4O/c1-19-9-3-4-12(10-18-15(16)17)14(19)11-5-7-13(20-2)8-6-11/h5-8,12,14H,3-4,9-10H2,1-2H3,(H4,16,17,18). The molecule has 1 saturated heterocycles. The molecule has 1 aromatic rings. The predicted molar refractivity (Wildman–Crippen MR) is 81.8 cm³/mol. The van der Waals surface area contributed by atoms with Crippen LogP contribution in [0.15, 0.2) is 29.3 Å². The summed E-state index contributed by atoms with van der Waals surface area (Å²) < 4.78 is 5.22. The van der Waals surface area contributed by atoms with Gasteiger partial charge in [-0.3, -0.25) is 9.89 Å². The van der Waals surface area contributed by atoms with Gasteiger partial charge in [-0.25, -0.2) is 0 Å². The van der Waals surface area contributed by atoms with E-state index in [1.54, 1.807) is 7.11 Å². The summed E-state index contributed by atoms with van der Waals surface area (Å²) in [6.45, 7) is 1.79. The highest BCUT2D eigenvalue weighted by atomic mass is 16.5. The molecule has 1 fully saturated rings. The van der Waals surface area contributed by atoms with Gasteiger partial charge < -0.3 is 16.2 Å². The van der Waals surface area contributed by atoms with E-state index in [9.17, 15) is 0 Å². The summed E-state index contributed by atoms with van der Waals surface area (Å²) >= 11 is 0. The molecule has 4 N–H and O–H groups in total.